The highest BCUT2D eigenvalue weighted by atomic mass is 28.3. The maximum atomic E-state index is 6.30. The molecule has 3 heteroatoms. The number of rotatable bonds is 5. The Morgan fingerprint density at radius 1 is 0.793 bits per heavy atom. The summed E-state index contributed by atoms with van der Waals surface area (Å²) < 4.78 is 8.41. The molecule has 154 valence electrons. The smallest absolute Gasteiger partial charge is 0.229 e. The Morgan fingerprint density at radius 2 is 1.28 bits per heavy atom. The first-order valence-corrected chi connectivity index (χ1v) is 12.9. The van der Waals surface area contributed by atoms with Crippen molar-refractivity contribution in [1.82, 2.24) is 0 Å². The topological polar surface area (TPSA) is 17.0 Å². The largest absolute Gasteiger partial charge is 0.241 e. The fraction of sp³-hybridized carbons (Fsp3) is 0.423. The van der Waals surface area contributed by atoms with Crippen molar-refractivity contribution in [3.8, 4) is 0 Å². The number of nitrogens with zero attached hydrogens (tertiary/aromatic N) is 1. The van der Waals surface area contributed by atoms with Crippen molar-refractivity contribution < 1.29 is 9.26 Å². The van der Waals surface area contributed by atoms with E-state index in [2.05, 4.69) is 120 Å². The van der Waals surface area contributed by atoms with Gasteiger partial charge in [0.1, 0.15) is 8.07 Å². The molecule has 2 nitrogen and oxygen atoms in total. The first-order chi connectivity index (χ1) is 13.6. The van der Waals surface area contributed by atoms with Gasteiger partial charge in [-0.05, 0) is 16.7 Å². The summed E-state index contributed by atoms with van der Waals surface area (Å²) in [6, 6.07) is 25.7. The molecular formula is C26H36NOSi+. The lowest BCUT2D eigenvalue weighted by Gasteiger charge is -2.43. The highest BCUT2D eigenvalue weighted by Crippen LogP contribution is 2.38. The standard InChI is InChI=1S/C26H36NOSi/c1-8-27-21(19-24(28-27)25(2,3)4)20-29(26(5,6)7,22-15-11-9-12-16-22)23-17-13-10-14-18-23/h9-19H,8,20H2,1-7H3/q+1. The molecule has 0 aliphatic heterocycles. The molecule has 0 saturated carbocycles. The van der Waals surface area contributed by atoms with Crippen LogP contribution in [0, 0.1) is 0 Å². The summed E-state index contributed by atoms with van der Waals surface area (Å²) in [5.74, 6) is 1.06. The number of hydrogen-bond donors (Lipinski definition) is 0. The Bertz CT molecular complexity index is 891. The van der Waals surface area contributed by atoms with E-state index in [1.807, 2.05) is 0 Å². The third-order valence-corrected chi connectivity index (χ3v) is 12.2. The van der Waals surface area contributed by atoms with Crippen LogP contribution in [0.15, 0.2) is 71.3 Å². The van der Waals surface area contributed by atoms with E-state index in [9.17, 15) is 0 Å². The lowest BCUT2D eigenvalue weighted by atomic mass is 9.93. The molecule has 0 fully saturated rings. The maximum absolute atomic E-state index is 6.30. The molecule has 0 bridgehead atoms. The lowest BCUT2D eigenvalue weighted by molar-refractivity contribution is -0.867. The highest BCUT2D eigenvalue weighted by molar-refractivity contribution is 7.03. The van der Waals surface area contributed by atoms with Crippen LogP contribution >= 0.6 is 0 Å². The maximum Gasteiger partial charge on any atom is 0.229 e. The molecule has 0 amide bonds. The highest BCUT2D eigenvalue weighted by Gasteiger charge is 2.50. The Kier molecular flexibility index (Phi) is 5.91. The van der Waals surface area contributed by atoms with E-state index in [4.69, 9.17) is 4.52 Å². The first-order valence-electron chi connectivity index (χ1n) is 10.7. The molecule has 29 heavy (non-hydrogen) atoms. The normalized spacial score (nSPS) is 12.9. The van der Waals surface area contributed by atoms with Gasteiger partial charge >= 0.3 is 0 Å². The van der Waals surface area contributed by atoms with Crippen molar-refractivity contribution >= 4 is 18.4 Å². The van der Waals surface area contributed by atoms with Gasteiger partial charge in [0, 0.05) is 11.5 Å². The second kappa shape index (κ2) is 7.95. The summed E-state index contributed by atoms with van der Waals surface area (Å²) in [5.41, 5.74) is 1.31. The zero-order chi connectivity index (χ0) is 21.3. The zero-order valence-electron chi connectivity index (χ0n) is 19.1. The van der Waals surface area contributed by atoms with Crippen LogP contribution in [-0.2, 0) is 18.0 Å². The van der Waals surface area contributed by atoms with Gasteiger partial charge in [-0.1, -0.05) is 113 Å². The number of aromatic nitrogens is 1. The average molecular weight is 407 g/mol. The predicted octanol–water partition coefficient (Wildman–Crippen LogP) is 5.03. The third-order valence-electron chi connectivity index (χ3n) is 6.11. The predicted molar refractivity (Wildman–Crippen MR) is 125 cm³/mol. The van der Waals surface area contributed by atoms with Crippen molar-refractivity contribution in [2.24, 2.45) is 0 Å². The Morgan fingerprint density at radius 3 is 1.66 bits per heavy atom. The summed E-state index contributed by atoms with van der Waals surface area (Å²) in [7, 11) is -2.16. The first kappa shape index (κ1) is 21.6. The third kappa shape index (κ3) is 4.11. The number of aryl methyl sites for hydroxylation is 1. The van der Waals surface area contributed by atoms with Gasteiger partial charge in [-0.2, -0.15) is 0 Å². The summed E-state index contributed by atoms with van der Waals surface area (Å²) in [5, 5.41) is 3.11. The van der Waals surface area contributed by atoms with Crippen molar-refractivity contribution in [3.63, 3.8) is 0 Å². The molecule has 0 unspecified atom stereocenters. The molecule has 0 N–H and O–H groups in total. The van der Waals surface area contributed by atoms with Crippen LogP contribution in [-0.4, -0.2) is 8.07 Å². The van der Waals surface area contributed by atoms with Gasteiger partial charge in [0.2, 0.25) is 5.69 Å². The van der Waals surface area contributed by atoms with E-state index in [0.29, 0.717) is 0 Å². The van der Waals surface area contributed by atoms with Crippen molar-refractivity contribution in [1.29, 1.82) is 0 Å². The van der Waals surface area contributed by atoms with Crippen LogP contribution in [0.1, 0.15) is 59.9 Å². The molecular weight excluding hydrogens is 370 g/mol. The molecule has 3 rings (SSSR count). The lowest BCUT2D eigenvalue weighted by Crippen LogP contribution is -2.67. The molecule has 0 aliphatic carbocycles. The Balaban J connectivity index is 2.26. The van der Waals surface area contributed by atoms with E-state index < -0.39 is 8.07 Å². The van der Waals surface area contributed by atoms with E-state index >= 15 is 0 Å². The monoisotopic (exact) mass is 406 g/mol. The molecule has 0 spiro atoms. The number of hydrogen-bond acceptors (Lipinski definition) is 1. The minimum Gasteiger partial charge on any atom is -0.241 e. The van der Waals surface area contributed by atoms with Crippen LogP contribution in [0.5, 0.6) is 0 Å². The SMILES string of the molecule is CC[n+]1oc(C(C)(C)C)cc1C[Si](c1ccccc1)(c1ccccc1)C(C)(C)C. The quantitative estimate of drug-likeness (QED) is 0.429. The van der Waals surface area contributed by atoms with E-state index in [-0.39, 0.29) is 10.5 Å². The molecule has 1 heterocycles. The van der Waals surface area contributed by atoms with Gasteiger partial charge in [-0.3, -0.25) is 0 Å². The molecule has 0 aliphatic rings. The molecule has 1 aromatic heterocycles. The fourth-order valence-electron chi connectivity index (χ4n) is 4.41. The number of benzene rings is 2. The van der Waals surface area contributed by atoms with Gasteiger partial charge in [0.15, 0.2) is 12.3 Å². The minimum absolute atomic E-state index is 0.000607. The van der Waals surface area contributed by atoms with Crippen LogP contribution in [0.25, 0.3) is 0 Å². The van der Waals surface area contributed by atoms with E-state index in [1.54, 1.807) is 0 Å². The van der Waals surface area contributed by atoms with Crippen LogP contribution < -0.4 is 15.1 Å². The van der Waals surface area contributed by atoms with Gasteiger partial charge in [0.05, 0.1) is 6.07 Å². The van der Waals surface area contributed by atoms with E-state index in [1.165, 1.54) is 16.1 Å². The average Bonchev–Trinajstić information content (AvgIpc) is 3.10. The Labute approximate surface area is 177 Å². The summed E-state index contributed by atoms with van der Waals surface area (Å²) in [6.07, 6.45) is 0. The summed E-state index contributed by atoms with van der Waals surface area (Å²) in [6.45, 7) is 16.9. The molecule has 3 aromatic rings. The summed E-state index contributed by atoms with van der Waals surface area (Å²) in [4.78, 5) is 0. The van der Waals surface area contributed by atoms with Crippen molar-refractivity contribution in [3.05, 3.63) is 78.2 Å². The molecule has 0 atom stereocenters. The van der Waals surface area contributed by atoms with Gasteiger partial charge in [-0.25, -0.2) is 4.52 Å². The fourth-order valence-corrected chi connectivity index (χ4v) is 9.76. The molecule has 0 radical (unpaired) electrons. The second-order valence-corrected chi connectivity index (χ2v) is 14.9. The van der Waals surface area contributed by atoms with Gasteiger partial charge in [0.25, 0.3) is 0 Å². The van der Waals surface area contributed by atoms with E-state index in [0.717, 1.165) is 18.3 Å². The van der Waals surface area contributed by atoms with Gasteiger partial charge in [-0.15, -0.1) is 0 Å². The van der Waals surface area contributed by atoms with Crippen molar-refractivity contribution in [2.45, 2.75) is 71.5 Å². The van der Waals surface area contributed by atoms with Crippen LogP contribution in [0.2, 0.25) is 5.04 Å². The van der Waals surface area contributed by atoms with Crippen molar-refractivity contribution in [2.75, 3.05) is 0 Å². The zero-order valence-corrected chi connectivity index (χ0v) is 20.1. The van der Waals surface area contributed by atoms with Gasteiger partial charge < -0.3 is 0 Å². The summed E-state index contributed by atoms with van der Waals surface area (Å²) >= 11 is 0. The van der Waals surface area contributed by atoms with Crippen LogP contribution in [0.4, 0.5) is 0 Å². The Hall–Kier alpha value is -2.13. The minimum atomic E-state index is -2.16. The van der Waals surface area contributed by atoms with Crippen LogP contribution in [0.3, 0.4) is 0 Å². The molecule has 0 saturated heterocycles. The molecule has 2 aromatic carbocycles. The second-order valence-electron chi connectivity index (χ2n) is 10.1.